The van der Waals surface area contributed by atoms with Gasteiger partial charge in [0.2, 0.25) is 0 Å². The number of thiazole rings is 1. The largest absolute Gasteiger partial charge is 0.346 e. The SMILES string of the molecule is CCC(C)(CC)NC(=O)c1csc(CN)n1.Cl. The van der Waals surface area contributed by atoms with Gasteiger partial charge in [0, 0.05) is 17.5 Å². The topological polar surface area (TPSA) is 68.0 Å². The number of nitrogens with two attached hydrogens (primary N) is 1. The van der Waals surface area contributed by atoms with Gasteiger partial charge >= 0.3 is 0 Å². The summed E-state index contributed by atoms with van der Waals surface area (Å²) in [6.45, 7) is 6.56. The van der Waals surface area contributed by atoms with Crippen molar-refractivity contribution in [1.29, 1.82) is 0 Å². The van der Waals surface area contributed by atoms with Crippen molar-refractivity contribution >= 4 is 29.7 Å². The summed E-state index contributed by atoms with van der Waals surface area (Å²) in [6.07, 6.45) is 1.81. The number of carbonyl (C=O) groups is 1. The first-order chi connectivity index (χ1) is 7.54. The van der Waals surface area contributed by atoms with E-state index in [0.717, 1.165) is 17.8 Å². The number of carbonyl (C=O) groups excluding carboxylic acids is 1. The number of amides is 1. The molecule has 98 valence electrons. The van der Waals surface area contributed by atoms with Gasteiger partial charge in [-0.15, -0.1) is 23.7 Å². The van der Waals surface area contributed by atoms with Gasteiger partial charge in [0.15, 0.2) is 0 Å². The van der Waals surface area contributed by atoms with Crippen LogP contribution in [0.5, 0.6) is 0 Å². The lowest BCUT2D eigenvalue weighted by Gasteiger charge is -2.27. The van der Waals surface area contributed by atoms with Crippen LogP contribution in [0.2, 0.25) is 0 Å². The molecular formula is C11H20ClN3OS. The van der Waals surface area contributed by atoms with Crippen LogP contribution in [0.15, 0.2) is 5.38 Å². The first-order valence-corrected chi connectivity index (χ1v) is 6.39. The molecule has 0 aliphatic carbocycles. The highest BCUT2D eigenvalue weighted by Crippen LogP contribution is 2.15. The third kappa shape index (κ3) is 4.26. The summed E-state index contributed by atoms with van der Waals surface area (Å²) in [7, 11) is 0. The van der Waals surface area contributed by atoms with Gasteiger partial charge in [-0.05, 0) is 19.8 Å². The molecule has 6 heteroatoms. The van der Waals surface area contributed by atoms with Gasteiger partial charge in [0.05, 0.1) is 0 Å². The minimum atomic E-state index is -0.149. The lowest BCUT2D eigenvalue weighted by atomic mass is 9.95. The fourth-order valence-electron chi connectivity index (χ4n) is 1.27. The van der Waals surface area contributed by atoms with Gasteiger partial charge in [-0.3, -0.25) is 4.79 Å². The molecule has 1 heterocycles. The summed E-state index contributed by atoms with van der Waals surface area (Å²) in [5.74, 6) is -0.109. The summed E-state index contributed by atoms with van der Waals surface area (Å²) in [6, 6.07) is 0. The second kappa shape index (κ2) is 6.93. The predicted molar refractivity (Wildman–Crippen MR) is 73.7 cm³/mol. The van der Waals surface area contributed by atoms with E-state index in [-0.39, 0.29) is 23.9 Å². The molecule has 0 saturated carbocycles. The van der Waals surface area contributed by atoms with Gasteiger partial charge in [0.25, 0.3) is 5.91 Å². The number of aromatic nitrogens is 1. The molecule has 0 bridgehead atoms. The Morgan fingerprint density at radius 3 is 2.53 bits per heavy atom. The molecule has 1 aromatic heterocycles. The molecule has 1 amide bonds. The standard InChI is InChI=1S/C11H19N3OS.ClH/c1-4-11(3,5-2)14-10(15)8-7-16-9(6-12)13-8;/h7H,4-6,12H2,1-3H3,(H,14,15);1H. The van der Waals surface area contributed by atoms with Crippen LogP contribution in [0, 0.1) is 0 Å². The van der Waals surface area contributed by atoms with Crippen molar-refractivity contribution in [1.82, 2.24) is 10.3 Å². The lowest BCUT2D eigenvalue weighted by Crippen LogP contribution is -2.45. The van der Waals surface area contributed by atoms with Gasteiger partial charge in [0.1, 0.15) is 10.7 Å². The Balaban J connectivity index is 0.00000256. The number of nitrogens with zero attached hydrogens (tertiary/aromatic N) is 1. The van der Waals surface area contributed by atoms with Crippen LogP contribution in [0.3, 0.4) is 0 Å². The maximum Gasteiger partial charge on any atom is 0.271 e. The minimum Gasteiger partial charge on any atom is -0.346 e. The van der Waals surface area contributed by atoms with Crippen molar-refractivity contribution in [2.24, 2.45) is 5.73 Å². The van der Waals surface area contributed by atoms with Crippen molar-refractivity contribution in [3.63, 3.8) is 0 Å². The number of nitrogens with one attached hydrogen (secondary N) is 1. The molecule has 0 radical (unpaired) electrons. The van der Waals surface area contributed by atoms with E-state index >= 15 is 0 Å². The van der Waals surface area contributed by atoms with Crippen LogP contribution in [0.25, 0.3) is 0 Å². The Morgan fingerprint density at radius 1 is 1.53 bits per heavy atom. The summed E-state index contributed by atoms with van der Waals surface area (Å²) in [5, 5.41) is 5.56. The third-order valence-electron chi connectivity index (χ3n) is 2.93. The quantitative estimate of drug-likeness (QED) is 0.868. The predicted octanol–water partition coefficient (Wildman–Crippen LogP) is 2.33. The first-order valence-electron chi connectivity index (χ1n) is 5.51. The Labute approximate surface area is 112 Å². The maximum absolute atomic E-state index is 11.9. The molecule has 0 aliphatic rings. The van der Waals surface area contributed by atoms with E-state index in [1.165, 1.54) is 11.3 Å². The Bertz CT molecular complexity index is 363. The molecule has 0 spiro atoms. The van der Waals surface area contributed by atoms with Crippen LogP contribution < -0.4 is 11.1 Å². The fourth-order valence-corrected chi connectivity index (χ4v) is 1.93. The number of hydrogen-bond donors (Lipinski definition) is 2. The lowest BCUT2D eigenvalue weighted by molar-refractivity contribution is 0.0896. The van der Waals surface area contributed by atoms with Crippen molar-refractivity contribution in [2.45, 2.75) is 45.7 Å². The molecule has 1 aromatic rings. The van der Waals surface area contributed by atoms with Crippen molar-refractivity contribution in [3.05, 3.63) is 16.1 Å². The van der Waals surface area contributed by atoms with Gasteiger partial charge in [-0.25, -0.2) is 4.98 Å². The van der Waals surface area contributed by atoms with E-state index in [9.17, 15) is 4.79 Å². The number of halogens is 1. The van der Waals surface area contributed by atoms with Crippen molar-refractivity contribution in [3.8, 4) is 0 Å². The Morgan fingerprint density at radius 2 is 2.12 bits per heavy atom. The smallest absolute Gasteiger partial charge is 0.271 e. The highest BCUT2D eigenvalue weighted by atomic mass is 35.5. The molecule has 4 nitrogen and oxygen atoms in total. The third-order valence-corrected chi connectivity index (χ3v) is 3.81. The highest BCUT2D eigenvalue weighted by molar-refractivity contribution is 7.09. The monoisotopic (exact) mass is 277 g/mol. The summed E-state index contributed by atoms with van der Waals surface area (Å²) in [5.41, 5.74) is 5.78. The van der Waals surface area contributed by atoms with E-state index in [4.69, 9.17) is 5.73 Å². The van der Waals surface area contributed by atoms with E-state index in [2.05, 4.69) is 24.1 Å². The molecular weight excluding hydrogens is 258 g/mol. The fraction of sp³-hybridized carbons (Fsp3) is 0.636. The van der Waals surface area contributed by atoms with E-state index in [0.29, 0.717) is 12.2 Å². The van der Waals surface area contributed by atoms with E-state index in [1.54, 1.807) is 5.38 Å². The molecule has 0 fully saturated rings. The normalized spacial score (nSPS) is 10.8. The van der Waals surface area contributed by atoms with Crippen LogP contribution in [0.1, 0.15) is 49.1 Å². The summed E-state index contributed by atoms with van der Waals surface area (Å²) in [4.78, 5) is 16.1. The minimum absolute atomic E-state index is 0. The number of rotatable bonds is 5. The van der Waals surface area contributed by atoms with Crippen molar-refractivity contribution in [2.75, 3.05) is 0 Å². The second-order valence-electron chi connectivity index (χ2n) is 4.05. The Kier molecular flexibility index (Phi) is 6.67. The van der Waals surface area contributed by atoms with E-state index < -0.39 is 0 Å². The zero-order valence-electron chi connectivity index (χ0n) is 10.4. The molecule has 3 N–H and O–H groups in total. The summed E-state index contributed by atoms with van der Waals surface area (Å²) < 4.78 is 0. The van der Waals surface area contributed by atoms with Gasteiger partial charge in [-0.2, -0.15) is 0 Å². The van der Waals surface area contributed by atoms with Crippen LogP contribution in [-0.4, -0.2) is 16.4 Å². The molecule has 0 saturated heterocycles. The molecule has 0 unspecified atom stereocenters. The first kappa shape index (κ1) is 16.4. The zero-order valence-corrected chi connectivity index (χ0v) is 12.1. The molecule has 0 aromatic carbocycles. The summed E-state index contributed by atoms with van der Waals surface area (Å²) >= 11 is 1.42. The van der Waals surface area contributed by atoms with Crippen LogP contribution in [-0.2, 0) is 6.54 Å². The highest BCUT2D eigenvalue weighted by Gasteiger charge is 2.23. The zero-order chi connectivity index (χ0) is 12.2. The molecule has 1 rings (SSSR count). The van der Waals surface area contributed by atoms with Gasteiger partial charge in [-0.1, -0.05) is 13.8 Å². The average molecular weight is 278 g/mol. The molecule has 17 heavy (non-hydrogen) atoms. The maximum atomic E-state index is 11.9. The van der Waals surface area contributed by atoms with Crippen LogP contribution >= 0.6 is 23.7 Å². The molecule has 0 atom stereocenters. The second-order valence-corrected chi connectivity index (χ2v) is 5.00. The molecule has 0 aliphatic heterocycles. The number of hydrogen-bond acceptors (Lipinski definition) is 4. The Hall–Kier alpha value is -0.650. The van der Waals surface area contributed by atoms with Crippen molar-refractivity contribution < 1.29 is 4.79 Å². The average Bonchev–Trinajstić information content (AvgIpc) is 2.77. The van der Waals surface area contributed by atoms with E-state index in [1.807, 2.05) is 6.92 Å². The van der Waals surface area contributed by atoms with Gasteiger partial charge < -0.3 is 11.1 Å². The van der Waals surface area contributed by atoms with Crippen LogP contribution in [0.4, 0.5) is 0 Å².